The summed E-state index contributed by atoms with van der Waals surface area (Å²) >= 11 is 0. The average Bonchev–Trinajstić information content (AvgIpc) is 3.13. The van der Waals surface area contributed by atoms with E-state index in [0.717, 1.165) is 42.1 Å². The van der Waals surface area contributed by atoms with E-state index in [0.29, 0.717) is 24.5 Å². The summed E-state index contributed by atoms with van der Waals surface area (Å²) < 4.78 is 43.5. The van der Waals surface area contributed by atoms with Crippen LogP contribution in [0, 0.1) is 0 Å². The van der Waals surface area contributed by atoms with Gasteiger partial charge in [-0.25, -0.2) is 9.97 Å². The van der Waals surface area contributed by atoms with Gasteiger partial charge in [-0.1, -0.05) is 12.1 Å². The van der Waals surface area contributed by atoms with Gasteiger partial charge in [0.05, 0.1) is 24.1 Å². The molecule has 0 unspecified atom stereocenters. The number of aromatic nitrogens is 2. The standard InChI is InChI=1S/C19H16F3N3O/c20-19(21,22)15-5-3-13(4-6-15)18-23-10-14-7-8-25(12-17(14)24-18)11-16-2-1-9-26-16/h1-6,9-10H,7-8,11-12H2. The summed E-state index contributed by atoms with van der Waals surface area (Å²) in [7, 11) is 0. The molecule has 0 spiro atoms. The molecule has 0 fully saturated rings. The fourth-order valence-electron chi connectivity index (χ4n) is 3.06. The fourth-order valence-corrected chi connectivity index (χ4v) is 3.06. The number of benzene rings is 1. The molecule has 7 heteroatoms. The van der Waals surface area contributed by atoms with Crippen molar-refractivity contribution in [1.29, 1.82) is 0 Å². The van der Waals surface area contributed by atoms with Crippen LogP contribution in [0.3, 0.4) is 0 Å². The van der Waals surface area contributed by atoms with Gasteiger partial charge in [0, 0.05) is 24.8 Å². The van der Waals surface area contributed by atoms with Crippen molar-refractivity contribution in [1.82, 2.24) is 14.9 Å². The van der Waals surface area contributed by atoms with Crippen molar-refractivity contribution in [2.45, 2.75) is 25.7 Å². The van der Waals surface area contributed by atoms with Gasteiger partial charge < -0.3 is 4.42 Å². The van der Waals surface area contributed by atoms with Crippen molar-refractivity contribution in [2.24, 2.45) is 0 Å². The van der Waals surface area contributed by atoms with Crippen molar-refractivity contribution >= 4 is 0 Å². The van der Waals surface area contributed by atoms with Gasteiger partial charge >= 0.3 is 6.18 Å². The molecular weight excluding hydrogens is 343 g/mol. The molecule has 4 rings (SSSR count). The van der Waals surface area contributed by atoms with Gasteiger partial charge in [-0.2, -0.15) is 13.2 Å². The van der Waals surface area contributed by atoms with E-state index in [2.05, 4.69) is 14.9 Å². The Morgan fingerprint density at radius 1 is 1.12 bits per heavy atom. The average molecular weight is 359 g/mol. The maximum Gasteiger partial charge on any atom is 0.416 e. The predicted molar refractivity (Wildman–Crippen MR) is 89.0 cm³/mol. The van der Waals surface area contributed by atoms with Gasteiger partial charge in [0.2, 0.25) is 0 Å². The Kier molecular flexibility index (Phi) is 4.24. The number of nitrogens with zero attached hydrogens (tertiary/aromatic N) is 3. The van der Waals surface area contributed by atoms with E-state index in [1.54, 1.807) is 12.5 Å². The SMILES string of the molecule is FC(F)(F)c1ccc(-c2ncc3c(n2)CN(Cc2ccco2)CC3)cc1. The van der Waals surface area contributed by atoms with Crippen molar-refractivity contribution in [2.75, 3.05) is 6.54 Å². The van der Waals surface area contributed by atoms with E-state index in [1.807, 2.05) is 12.1 Å². The molecule has 134 valence electrons. The van der Waals surface area contributed by atoms with Crippen LogP contribution in [0.4, 0.5) is 13.2 Å². The smallest absolute Gasteiger partial charge is 0.416 e. The summed E-state index contributed by atoms with van der Waals surface area (Å²) in [6, 6.07) is 8.73. The van der Waals surface area contributed by atoms with E-state index < -0.39 is 11.7 Å². The number of hydrogen-bond acceptors (Lipinski definition) is 4. The van der Waals surface area contributed by atoms with Gasteiger partial charge in [-0.05, 0) is 36.2 Å². The van der Waals surface area contributed by atoms with Crippen molar-refractivity contribution in [3.8, 4) is 11.4 Å². The summed E-state index contributed by atoms with van der Waals surface area (Å²) in [4.78, 5) is 11.1. The molecule has 0 aliphatic carbocycles. The third kappa shape index (κ3) is 3.48. The van der Waals surface area contributed by atoms with Crippen LogP contribution in [-0.2, 0) is 25.7 Å². The molecule has 2 aromatic heterocycles. The summed E-state index contributed by atoms with van der Waals surface area (Å²) in [5, 5.41) is 0. The minimum atomic E-state index is -4.35. The second-order valence-electron chi connectivity index (χ2n) is 6.28. The van der Waals surface area contributed by atoms with Crippen LogP contribution < -0.4 is 0 Å². The Bertz CT molecular complexity index is 889. The van der Waals surface area contributed by atoms with Crippen LogP contribution in [0.5, 0.6) is 0 Å². The summed E-state index contributed by atoms with van der Waals surface area (Å²) in [6.45, 7) is 2.24. The Labute approximate surface area is 148 Å². The zero-order valence-corrected chi connectivity index (χ0v) is 13.8. The highest BCUT2D eigenvalue weighted by atomic mass is 19.4. The van der Waals surface area contributed by atoms with Gasteiger partial charge in [0.1, 0.15) is 5.76 Å². The van der Waals surface area contributed by atoms with Crippen molar-refractivity contribution < 1.29 is 17.6 Å². The number of hydrogen-bond donors (Lipinski definition) is 0. The van der Waals surface area contributed by atoms with Crippen LogP contribution in [0.25, 0.3) is 11.4 Å². The van der Waals surface area contributed by atoms with E-state index in [-0.39, 0.29) is 0 Å². The molecule has 1 aliphatic heterocycles. The predicted octanol–water partition coefficient (Wildman–Crippen LogP) is 4.31. The first-order valence-corrected chi connectivity index (χ1v) is 8.26. The molecule has 0 saturated carbocycles. The van der Waals surface area contributed by atoms with Gasteiger partial charge in [0.15, 0.2) is 5.82 Å². The Morgan fingerprint density at radius 3 is 2.62 bits per heavy atom. The Balaban J connectivity index is 1.55. The van der Waals surface area contributed by atoms with Gasteiger partial charge in [-0.15, -0.1) is 0 Å². The van der Waals surface area contributed by atoms with Gasteiger partial charge in [-0.3, -0.25) is 4.90 Å². The molecule has 0 N–H and O–H groups in total. The molecule has 0 saturated heterocycles. The number of fused-ring (bicyclic) bond motifs is 1. The zero-order chi connectivity index (χ0) is 18.1. The molecule has 4 nitrogen and oxygen atoms in total. The van der Waals surface area contributed by atoms with Crippen LogP contribution in [0.15, 0.2) is 53.3 Å². The second-order valence-corrected chi connectivity index (χ2v) is 6.28. The molecule has 3 aromatic rings. The topological polar surface area (TPSA) is 42.2 Å². The lowest BCUT2D eigenvalue weighted by molar-refractivity contribution is -0.137. The van der Waals surface area contributed by atoms with Crippen molar-refractivity contribution in [3.63, 3.8) is 0 Å². The highest BCUT2D eigenvalue weighted by Crippen LogP contribution is 2.30. The van der Waals surface area contributed by atoms with Crippen LogP contribution in [0.2, 0.25) is 0 Å². The lowest BCUT2D eigenvalue weighted by Crippen LogP contribution is -2.30. The third-order valence-electron chi connectivity index (χ3n) is 4.45. The molecule has 1 aliphatic rings. The third-order valence-corrected chi connectivity index (χ3v) is 4.45. The highest BCUT2D eigenvalue weighted by molar-refractivity contribution is 5.56. The molecule has 0 amide bonds. The highest BCUT2D eigenvalue weighted by Gasteiger charge is 2.30. The normalized spacial score (nSPS) is 15.0. The van der Waals surface area contributed by atoms with Crippen LogP contribution in [0.1, 0.15) is 22.6 Å². The van der Waals surface area contributed by atoms with E-state index in [4.69, 9.17) is 4.42 Å². The Morgan fingerprint density at radius 2 is 1.92 bits per heavy atom. The molecule has 3 heterocycles. The van der Waals surface area contributed by atoms with E-state index in [1.165, 1.54) is 12.1 Å². The molecule has 26 heavy (non-hydrogen) atoms. The maximum absolute atomic E-state index is 12.7. The van der Waals surface area contributed by atoms with Gasteiger partial charge in [0.25, 0.3) is 0 Å². The molecule has 0 bridgehead atoms. The lowest BCUT2D eigenvalue weighted by atomic mass is 10.1. The molecule has 0 radical (unpaired) electrons. The maximum atomic E-state index is 12.7. The minimum absolute atomic E-state index is 0.442. The van der Waals surface area contributed by atoms with E-state index >= 15 is 0 Å². The van der Waals surface area contributed by atoms with E-state index in [9.17, 15) is 13.2 Å². The zero-order valence-electron chi connectivity index (χ0n) is 13.8. The van der Waals surface area contributed by atoms with Crippen molar-refractivity contribution in [3.05, 3.63) is 71.4 Å². The summed E-state index contributed by atoms with van der Waals surface area (Å²) in [5.41, 5.74) is 1.89. The van der Waals surface area contributed by atoms with Crippen LogP contribution in [-0.4, -0.2) is 21.4 Å². The fraction of sp³-hybridized carbons (Fsp3) is 0.263. The largest absolute Gasteiger partial charge is 0.468 e. The summed E-state index contributed by atoms with van der Waals surface area (Å²) in [5.74, 6) is 1.34. The molecular formula is C19H16F3N3O. The quantitative estimate of drug-likeness (QED) is 0.699. The summed E-state index contributed by atoms with van der Waals surface area (Å²) in [6.07, 6.45) is -0.0808. The second kappa shape index (κ2) is 6.57. The number of rotatable bonds is 3. The number of halogens is 3. The molecule has 0 atom stereocenters. The first-order valence-electron chi connectivity index (χ1n) is 8.26. The minimum Gasteiger partial charge on any atom is -0.468 e. The first kappa shape index (κ1) is 16.8. The number of alkyl halides is 3. The molecule has 1 aromatic carbocycles. The van der Waals surface area contributed by atoms with Crippen LogP contribution >= 0.6 is 0 Å². The monoisotopic (exact) mass is 359 g/mol. The first-order chi connectivity index (χ1) is 12.5. The Hall–Kier alpha value is -2.67. The lowest BCUT2D eigenvalue weighted by Gasteiger charge is -2.27. The number of furan rings is 1.